The molecule has 0 unspecified atom stereocenters. The molecule has 0 radical (unpaired) electrons. The molecule has 0 saturated heterocycles. The highest BCUT2D eigenvalue weighted by atomic mass is 32.2. The van der Waals surface area contributed by atoms with Crippen LogP contribution in [0.5, 0.6) is 0 Å². The van der Waals surface area contributed by atoms with Crippen molar-refractivity contribution >= 4 is 27.5 Å². The summed E-state index contributed by atoms with van der Waals surface area (Å²) in [6, 6.07) is 12.6. The first kappa shape index (κ1) is 23.4. The van der Waals surface area contributed by atoms with E-state index in [0.29, 0.717) is 24.1 Å². The smallest absolute Gasteiger partial charge is 0.242 e. The molecule has 1 fully saturated rings. The molecule has 7 nitrogen and oxygen atoms in total. The Kier molecular flexibility index (Phi) is 7.45. The molecule has 2 aliphatic rings. The van der Waals surface area contributed by atoms with Crippen molar-refractivity contribution < 1.29 is 18.0 Å². The van der Waals surface area contributed by atoms with Gasteiger partial charge >= 0.3 is 0 Å². The van der Waals surface area contributed by atoms with E-state index in [-0.39, 0.29) is 22.8 Å². The van der Waals surface area contributed by atoms with Gasteiger partial charge in [0.05, 0.1) is 4.90 Å². The van der Waals surface area contributed by atoms with Gasteiger partial charge in [-0.3, -0.25) is 9.59 Å². The highest BCUT2D eigenvalue weighted by molar-refractivity contribution is 7.89. The van der Waals surface area contributed by atoms with Crippen molar-refractivity contribution in [2.45, 2.75) is 74.8 Å². The first-order valence-electron chi connectivity index (χ1n) is 11.7. The van der Waals surface area contributed by atoms with E-state index in [9.17, 15) is 18.0 Å². The number of benzene rings is 2. The number of sulfonamides is 1. The Balaban J connectivity index is 1.56. The first-order chi connectivity index (χ1) is 15.9. The van der Waals surface area contributed by atoms with Crippen LogP contribution in [0.3, 0.4) is 0 Å². The number of carbonyl (C=O) groups excluding carboxylic acids is 2. The molecule has 0 aromatic heterocycles. The molecule has 33 heavy (non-hydrogen) atoms. The van der Waals surface area contributed by atoms with Crippen molar-refractivity contribution in [1.29, 1.82) is 0 Å². The van der Waals surface area contributed by atoms with E-state index in [1.807, 2.05) is 6.07 Å². The van der Waals surface area contributed by atoms with E-state index >= 15 is 0 Å². The number of fused-ring (bicyclic) bond motifs is 1. The molecule has 4 rings (SSSR count). The third-order valence-electron chi connectivity index (χ3n) is 6.40. The minimum absolute atomic E-state index is 0.0564. The maximum absolute atomic E-state index is 13.3. The van der Waals surface area contributed by atoms with E-state index in [1.54, 1.807) is 36.4 Å². The Bertz CT molecular complexity index is 1090. The molecular formula is C25H31N3O4S. The normalized spacial score (nSPS) is 18.4. The molecule has 1 aliphatic heterocycles. The van der Waals surface area contributed by atoms with E-state index in [0.717, 1.165) is 31.2 Å². The molecule has 8 heteroatoms. The summed E-state index contributed by atoms with van der Waals surface area (Å²) >= 11 is 0. The summed E-state index contributed by atoms with van der Waals surface area (Å²) in [5, 5.41) is 5.86. The lowest BCUT2D eigenvalue weighted by Gasteiger charge is -2.25. The predicted octanol–water partition coefficient (Wildman–Crippen LogP) is 3.82. The fourth-order valence-electron chi connectivity index (χ4n) is 4.55. The summed E-state index contributed by atoms with van der Waals surface area (Å²) < 4.78 is 29.2. The number of hydrogen-bond donors (Lipinski definition) is 3. The van der Waals surface area contributed by atoms with Crippen LogP contribution >= 0.6 is 0 Å². The molecule has 1 heterocycles. The first-order valence-corrected chi connectivity index (χ1v) is 13.2. The van der Waals surface area contributed by atoms with Crippen molar-refractivity contribution in [2.75, 3.05) is 5.32 Å². The zero-order chi connectivity index (χ0) is 23.3. The minimum Gasteiger partial charge on any atom is -0.352 e. The van der Waals surface area contributed by atoms with Crippen LogP contribution in [-0.4, -0.2) is 26.3 Å². The Labute approximate surface area is 195 Å². The highest BCUT2D eigenvalue weighted by Gasteiger charge is 2.29. The lowest BCUT2D eigenvalue weighted by atomic mass is 9.96. The van der Waals surface area contributed by atoms with Gasteiger partial charge in [-0.2, -0.15) is 4.72 Å². The molecular weight excluding hydrogens is 438 g/mol. The summed E-state index contributed by atoms with van der Waals surface area (Å²) in [5.74, 6) is -0.410. The van der Waals surface area contributed by atoms with Crippen LogP contribution in [0, 0.1) is 0 Å². The molecule has 1 aliphatic carbocycles. The van der Waals surface area contributed by atoms with E-state index in [2.05, 4.69) is 15.4 Å². The average molecular weight is 470 g/mol. The Morgan fingerprint density at radius 1 is 0.939 bits per heavy atom. The van der Waals surface area contributed by atoms with Crippen LogP contribution in [0.4, 0.5) is 5.69 Å². The van der Waals surface area contributed by atoms with E-state index in [1.165, 1.54) is 25.3 Å². The Hall–Kier alpha value is -2.71. The van der Waals surface area contributed by atoms with Gasteiger partial charge in [0.1, 0.15) is 6.04 Å². The number of amides is 2. The Morgan fingerprint density at radius 3 is 2.36 bits per heavy atom. The molecule has 0 bridgehead atoms. The predicted molar refractivity (Wildman–Crippen MR) is 127 cm³/mol. The molecule has 3 N–H and O–H groups in total. The van der Waals surface area contributed by atoms with Gasteiger partial charge < -0.3 is 10.6 Å². The maximum atomic E-state index is 13.3. The van der Waals surface area contributed by atoms with Gasteiger partial charge in [0, 0.05) is 18.2 Å². The number of anilines is 1. The zero-order valence-corrected chi connectivity index (χ0v) is 19.5. The standard InChI is InChI=1S/C25H31N3O4S/c29-23-16-13-19-17-21(14-15-22(19)27-23)33(31,32)28-24(18-9-5-4-6-10-18)25(30)26-20-11-7-2-1-3-8-12-20/h4-6,9-10,14-15,17,20,24,28H,1-3,7-8,11-13,16H2,(H,26,30)(H,27,29)/t24-/m1/s1. The topological polar surface area (TPSA) is 104 Å². The van der Waals surface area contributed by atoms with E-state index < -0.39 is 16.1 Å². The van der Waals surface area contributed by atoms with Crippen molar-refractivity contribution in [2.24, 2.45) is 0 Å². The average Bonchev–Trinajstić information content (AvgIpc) is 2.79. The highest BCUT2D eigenvalue weighted by Crippen LogP contribution is 2.27. The number of hydrogen-bond acceptors (Lipinski definition) is 4. The number of carbonyl (C=O) groups is 2. The molecule has 2 aromatic rings. The summed E-state index contributed by atoms with van der Waals surface area (Å²) in [4.78, 5) is 25.0. The van der Waals surface area contributed by atoms with Crippen molar-refractivity contribution in [3.05, 3.63) is 59.7 Å². The molecule has 1 saturated carbocycles. The summed E-state index contributed by atoms with van der Waals surface area (Å²) in [6.07, 6.45) is 8.33. The monoisotopic (exact) mass is 469 g/mol. The van der Waals surface area contributed by atoms with Crippen LogP contribution in [0.2, 0.25) is 0 Å². The minimum atomic E-state index is -3.98. The SMILES string of the molecule is O=C1CCc2cc(S(=O)(=O)N[C@@H](C(=O)NC3CCCCCCC3)c3ccccc3)ccc2N1. The van der Waals surface area contributed by atoms with Crippen LogP contribution in [-0.2, 0) is 26.0 Å². The van der Waals surface area contributed by atoms with Gasteiger partial charge in [-0.15, -0.1) is 0 Å². The number of nitrogens with one attached hydrogen (secondary N) is 3. The van der Waals surface area contributed by atoms with Crippen molar-refractivity contribution in [1.82, 2.24) is 10.0 Å². The maximum Gasteiger partial charge on any atom is 0.242 e. The summed E-state index contributed by atoms with van der Waals surface area (Å²) in [6.45, 7) is 0. The van der Waals surface area contributed by atoms with Gasteiger partial charge in [0.2, 0.25) is 21.8 Å². The van der Waals surface area contributed by atoms with E-state index in [4.69, 9.17) is 0 Å². The van der Waals surface area contributed by atoms with Gasteiger partial charge in [-0.1, -0.05) is 62.4 Å². The van der Waals surface area contributed by atoms with Crippen LogP contribution in [0.1, 0.15) is 68.5 Å². The Morgan fingerprint density at radius 2 is 1.64 bits per heavy atom. The second kappa shape index (κ2) is 10.5. The van der Waals surface area contributed by atoms with Crippen molar-refractivity contribution in [3.63, 3.8) is 0 Å². The summed E-state index contributed by atoms with van der Waals surface area (Å²) in [5.41, 5.74) is 1.99. The van der Waals surface area contributed by atoms with Gasteiger partial charge in [-0.05, 0) is 48.6 Å². The van der Waals surface area contributed by atoms with Crippen LogP contribution in [0.25, 0.3) is 0 Å². The molecule has 0 spiro atoms. The van der Waals surface area contributed by atoms with Crippen LogP contribution in [0.15, 0.2) is 53.4 Å². The van der Waals surface area contributed by atoms with Gasteiger partial charge in [0.25, 0.3) is 0 Å². The quantitative estimate of drug-likeness (QED) is 0.598. The lowest BCUT2D eigenvalue weighted by Crippen LogP contribution is -2.44. The molecule has 2 amide bonds. The fraction of sp³-hybridized carbons (Fsp3) is 0.440. The van der Waals surface area contributed by atoms with Crippen molar-refractivity contribution in [3.8, 4) is 0 Å². The molecule has 1 atom stereocenters. The third-order valence-corrected chi connectivity index (χ3v) is 7.82. The van der Waals surface area contributed by atoms with Gasteiger partial charge in [-0.25, -0.2) is 8.42 Å². The fourth-order valence-corrected chi connectivity index (χ4v) is 5.79. The number of aryl methyl sites for hydroxylation is 1. The zero-order valence-electron chi connectivity index (χ0n) is 18.7. The second-order valence-electron chi connectivity index (χ2n) is 8.88. The van der Waals surface area contributed by atoms with Gasteiger partial charge in [0.15, 0.2) is 0 Å². The second-order valence-corrected chi connectivity index (χ2v) is 10.6. The molecule has 2 aromatic carbocycles. The lowest BCUT2D eigenvalue weighted by molar-refractivity contribution is -0.123. The molecule has 176 valence electrons. The number of rotatable bonds is 6. The summed E-state index contributed by atoms with van der Waals surface area (Å²) in [7, 11) is -3.98. The third kappa shape index (κ3) is 6.00. The largest absolute Gasteiger partial charge is 0.352 e. The van der Waals surface area contributed by atoms with Crippen LogP contribution < -0.4 is 15.4 Å².